The molecule has 0 aromatic heterocycles. The van der Waals surface area contributed by atoms with Crippen LogP contribution in [0.15, 0.2) is 109 Å². The van der Waals surface area contributed by atoms with Gasteiger partial charge in [0.15, 0.2) is 0 Å². The Morgan fingerprint density at radius 2 is 0.360 bits per heavy atom. The fourth-order valence-corrected chi connectivity index (χ4v) is 10.5. The lowest BCUT2D eigenvalue weighted by atomic mass is 9.74. The predicted octanol–water partition coefficient (Wildman–Crippen LogP) is 9.89. The molecule has 614 valence electrons. The van der Waals surface area contributed by atoms with E-state index < -0.39 is 171 Å². The molecule has 0 fully saturated rings. The molecule has 42 heteroatoms. The number of benzene rings is 6. The zero-order valence-corrected chi connectivity index (χ0v) is 62.5. The first-order chi connectivity index (χ1) is 55.0. The van der Waals surface area contributed by atoms with Gasteiger partial charge in [-0.25, -0.2) is 87.4 Å². The molecule has 0 saturated carbocycles. The van der Waals surface area contributed by atoms with E-state index >= 15 is 0 Å². The van der Waals surface area contributed by atoms with E-state index in [1.807, 2.05) is 0 Å². The third-order valence-corrected chi connectivity index (χ3v) is 15.7. The smallest absolute Gasteiger partial charge is 0.496 e. The van der Waals surface area contributed by atoms with Crippen LogP contribution in [0.2, 0.25) is 0 Å². The van der Waals surface area contributed by atoms with Crippen LogP contribution in [0.3, 0.4) is 0 Å². The lowest BCUT2D eigenvalue weighted by Crippen LogP contribution is -2.41. The van der Waals surface area contributed by atoms with E-state index in [1.165, 1.54) is 195 Å². The Balaban J connectivity index is 1.48. The van der Waals surface area contributed by atoms with Crippen molar-refractivity contribution >= 4 is 72.7 Å². The second kappa shape index (κ2) is 45.4. The SMILES string of the molecule is COc1cccc(OC)c1C(=O)OOC(=O)OCCC(COC(=O)OOC(=O)c1c(OC)cccc1OC)C(COC(=O)OOC(=O)c1c(OC)cccc1OC)C(COC(=O)OOC(=O)c1c(OC)cccc1OC)C(CCOC(=O)OOC(=O)c1c(OC)cccc1OC)COC(=O)OOC(=O)c1c(OC)cccc1OC. The predicted molar refractivity (Wildman–Crippen MR) is 368 cm³/mol. The van der Waals surface area contributed by atoms with Gasteiger partial charge in [0.2, 0.25) is 0 Å². The lowest BCUT2D eigenvalue weighted by Gasteiger charge is -2.36. The molecule has 0 N–H and O–H groups in total. The van der Waals surface area contributed by atoms with Crippen molar-refractivity contribution in [1.82, 2.24) is 0 Å². The largest absolute Gasteiger partial charge is 0.549 e. The molecule has 0 saturated heterocycles. The van der Waals surface area contributed by atoms with Gasteiger partial charge in [-0.2, -0.15) is 28.8 Å². The molecule has 0 spiro atoms. The molecule has 42 nitrogen and oxygen atoms in total. The summed E-state index contributed by atoms with van der Waals surface area (Å²) in [6.07, 6.45) is -12.6. The van der Waals surface area contributed by atoms with Crippen LogP contribution < -0.4 is 56.8 Å². The first-order valence-electron chi connectivity index (χ1n) is 32.6. The Bertz CT molecular complexity index is 3920. The minimum Gasteiger partial charge on any atom is -0.496 e. The molecule has 6 aromatic rings. The molecular formula is C72H74O42. The van der Waals surface area contributed by atoms with E-state index in [2.05, 4.69) is 9.78 Å². The van der Waals surface area contributed by atoms with Crippen LogP contribution in [0.5, 0.6) is 69.0 Å². The van der Waals surface area contributed by atoms with Gasteiger partial charge in [-0.3, -0.25) is 0 Å². The molecule has 6 aromatic carbocycles. The van der Waals surface area contributed by atoms with Gasteiger partial charge in [-0.05, 0) is 85.6 Å². The summed E-state index contributed by atoms with van der Waals surface area (Å²) in [5.74, 6) is -17.1. The van der Waals surface area contributed by atoms with Gasteiger partial charge < -0.3 is 85.3 Å². The van der Waals surface area contributed by atoms with Crippen molar-refractivity contribution < 1.29 is 201 Å². The molecule has 4 atom stereocenters. The zero-order valence-electron chi connectivity index (χ0n) is 62.5. The summed E-state index contributed by atoms with van der Waals surface area (Å²) in [7, 11) is 14.3. The average molecular weight is 1610 g/mol. The number of methoxy groups -OCH3 is 12. The standard InChI is InChI=1S/C72H74O42/c1-85-43-19-13-20-44(86-2)55(43)61(73)103-109-67(79)97-33-31-39(35-99-69(81)111-105-63(75)57-47(89-5)23-15-24-48(57)90-6)41(37-101-71(83)113-107-65(77)59-51(93-9)27-17-28-52(59)94-10)42(38-102-72(84)114-108-66(78)60-53(95-11)29-18-30-54(60)96-12)40(36-100-70(82)112-106-64(76)58-49(91-7)25-16-26-50(58)92-8)32-34-98-68(80)110-104-62(74)56-45(87-3)21-14-22-46(56)88-4/h13-30,39-42H,31-38H2,1-12H3. The van der Waals surface area contributed by atoms with Gasteiger partial charge in [-0.1, -0.05) is 36.4 Å². The molecule has 0 amide bonds. The molecule has 0 radical (unpaired) electrons. The fraction of sp³-hybridized carbons (Fsp3) is 0.333. The number of carbonyl (C=O) groups is 12. The summed E-state index contributed by atoms with van der Waals surface area (Å²) in [5.41, 5.74) is -2.40. The van der Waals surface area contributed by atoms with E-state index in [4.69, 9.17) is 134 Å². The Morgan fingerprint density at radius 1 is 0.211 bits per heavy atom. The Labute approximate surface area is 645 Å². The normalized spacial score (nSPS) is 11.4. The molecule has 4 unspecified atom stereocenters. The van der Waals surface area contributed by atoms with Crippen molar-refractivity contribution in [2.75, 3.05) is 125 Å². The first-order valence-corrected chi connectivity index (χ1v) is 32.6. The maximum absolute atomic E-state index is 14.0. The number of carbonyl (C=O) groups excluding carboxylic acids is 12. The highest BCUT2D eigenvalue weighted by atomic mass is 17.3. The van der Waals surface area contributed by atoms with Gasteiger partial charge in [0.1, 0.15) is 102 Å². The van der Waals surface area contributed by atoms with Crippen molar-refractivity contribution in [3.63, 3.8) is 0 Å². The summed E-state index contributed by atoms with van der Waals surface area (Å²) < 4.78 is 95.6. The van der Waals surface area contributed by atoms with Crippen molar-refractivity contribution in [1.29, 1.82) is 0 Å². The van der Waals surface area contributed by atoms with Gasteiger partial charge in [0.05, 0.1) is 125 Å². The van der Waals surface area contributed by atoms with E-state index in [0.717, 1.165) is 0 Å². The lowest BCUT2D eigenvalue weighted by molar-refractivity contribution is -0.212. The minimum absolute atomic E-state index is 0.104. The number of hydrogen-bond acceptors (Lipinski definition) is 42. The van der Waals surface area contributed by atoms with Gasteiger partial charge in [-0.15, -0.1) is 0 Å². The fourth-order valence-electron chi connectivity index (χ4n) is 10.5. The summed E-state index contributed by atoms with van der Waals surface area (Å²) >= 11 is 0. The highest BCUT2D eigenvalue weighted by Crippen LogP contribution is 2.38. The molecule has 0 aliphatic carbocycles. The third-order valence-electron chi connectivity index (χ3n) is 15.7. The van der Waals surface area contributed by atoms with Crippen molar-refractivity contribution in [3.05, 3.63) is 143 Å². The Morgan fingerprint density at radius 3 is 0.518 bits per heavy atom. The molecule has 6 rings (SSSR count). The zero-order chi connectivity index (χ0) is 83.2. The van der Waals surface area contributed by atoms with Crippen LogP contribution >= 0.6 is 0 Å². The molecular weight excluding hydrogens is 1540 g/mol. The topological polar surface area (TPSA) is 482 Å². The number of hydrogen-bond donors (Lipinski definition) is 0. The molecule has 0 heterocycles. The maximum atomic E-state index is 14.0. The first kappa shape index (κ1) is 88.3. The van der Waals surface area contributed by atoms with Gasteiger partial charge in [0, 0.05) is 23.7 Å². The van der Waals surface area contributed by atoms with Crippen LogP contribution in [0.25, 0.3) is 0 Å². The number of ether oxygens (including phenoxy) is 18. The minimum atomic E-state index is -1.90. The average Bonchev–Trinajstić information content (AvgIpc) is 0.867. The van der Waals surface area contributed by atoms with E-state index in [0.29, 0.717) is 0 Å². The summed E-state index contributed by atoms with van der Waals surface area (Å²) in [4.78, 5) is 221. The Hall–Kier alpha value is -14.6. The van der Waals surface area contributed by atoms with Gasteiger partial charge >= 0.3 is 72.7 Å². The molecule has 0 aliphatic heterocycles. The van der Waals surface area contributed by atoms with Gasteiger partial charge in [0.25, 0.3) is 0 Å². The highest BCUT2D eigenvalue weighted by Gasteiger charge is 2.41. The van der Waals surface area contributed by atoms with Crippen LogP contribution in [0.4, 0.5) is 28.8 Å². The summed E-state index contributed by atoms with van der Waals surface area (Å²) in [6.45, 7) is -6.71. The van der Waals surface area contributed by atoms with Crippen molar-refractivity contribution in [3.8, 4) is 69.0 Å². The van der Waals surface area contributed by atoms with E-state index in [-0.39, 0.29) is 80.1 Å². The Kier molecular flexibility index (Phi) is 35.1. The maximum Gasteiger partial charge on any atom is 0.549 e. The molecule has 0 bridgehead atoms. The van der Waals surface area contributed by atoms with E-state index in [1.54, 1.807) is 0 Å². The van der Waals surface area contributed by atoms with Crippen molar-refractivity contribution in [2.24, 2.45) is 23.7 Å². The second-order valence-electron chi connectivity index (χ2n) is 21.8. The van der Waals surface area contributed by atoms with Crippen LogP contribution in [-0.2, 0) is 87.1 Å². The molecule has 0 aliphatic rings. The summed E-state index contributed by atoms with van der Waals surface area (Å²) in [5, 5.41) is 0. The van der Waals surface area contributed by atoms with Crippen LogP contribution in [-0.4, -0.2) is 198 Å². The van der Waals surface area contributed by atoms with Crippen LogP contribution in [0, 0.1) is 23.7 Å². The third kappa shape index (κ3) is 24.7. The quantitative estimate of drug-likeness (QED) is 0.0154. The monoisotopic (exact) mass is 1610 g/mol. The highest BCUT2D eigenvalue weighted by molar-refractivity contribution is 5.99. The summed E-state index contributed by atoms with van der Waals surface area (Å²) in [6, 6.07) is 24.5. The van der Waals surface area contributed by atoms with Crippen LogP contribution in [0.1, 0.15) is 75.0 Å². The second-order valence-corrected chi connectivity index (χ2v) is 21.8. The van der Waals surface area contributed by atoms with Crippen molar-refractivity contribution in [2.45, 2.75) is 12.8 Å². The van der Waals surface area contributed by atoms with E-state index in [9.17, 15) is 57.5 Å². The number of rotatable bonds is 35. The molecule has 114 heavy (non-hydrogen) atoms.